The number of hydrogen-bond acceptors (Lipinski definition) is 6. The highest BCUT2D eigenvalue weighted by molar-refractivity contribution is 7.22. The van der Waals surface area contributed by atoms with Gasteiger partial charge in [0, 0.05) is 24.0 Å². The van der Waals surface area contributed by atoms with E-state index in [9.17, 15) is 14.4 Å². The summed E-state index contributed by atoms with van der Waals surface area (Å²) in [6, 6.07) is 16.2. The molecule has 4 rings (SSSR count). The van der Waals surface area contributed by atoms with E-state index in [1.807, 2.05) is 24.3 Å². The summed E-state index contributed by atoms with van der Waals surface area (Å²) in [7, 11) is 1.43. The van der Waals surface area contributed by atoms with E-state index in [1.165, 1.54) is 23.0 Å². The molecular weight excluding hydrogens is 450 g/mol. The van der Waals surface area contributed by atoms with Gasteiger partial charge in [0.15, 0.2) is 11.5 Å². The average Bonchev–Trinajstić information content (AvgIpc) is 3.21. The number of Topliss-reactive ketones (excluding diaryl/α,β-unsaturated/α-hetero) is 1. The zero-order chi connectivity index (χ0) is 22.0. The number of aromatic nitrogens is 1. The maximum absolute atomic E-state index is 13.5. The molecule has 2 aromatic carbocycles. The third-order valence-corrected chi connectivity index (χ3v) is 6.20. The van der Waals surface area contributed by atoms with Crippen molar-refractivity contribution in [3.63, 3.8) is 0 Å². The number of carbonyl (C=O) groups is 2. The number of hydrogen-bond donors (Lipinski definition) is 2. The third kappa shape index (κ3) is 4.12. The predicted octanol–water partition coefficient (Wildman–Crippen LogP) is 3.22. The normalized spacial score (nSPS) is 10.7. The number of nitrogens with one attached hydrogen (secondary N) is 1. The monoisotopic (exact) mass is 471 g/mol. The zero-order valence-corrected chi connectivity index (χ0v) is 18.9. The lowest BCUT2D eigenvalue weighted by molar-refractivity contribution is 0.0952. The van der Waals surface area contributed by atoms with Crippen molar-refractivity contribution in [2.24, 2.45) is 5.73 Å². The summed E-state index contributed by atoms with van der Waals surface area (Å²) in [4.78, 5) is 39.3. The lowest BCUT2D eigenvalue weighted by Gasteiger charge is -2.11. The number of rotatable bonds is 7. The Morgan fingerprint density at radius 3 is 2.47 bits per heavy atom. The molecule has 0 spiro atoms. The van der Waals surface area contributed by atoms with Gasteiger partial charge in [-0.1, -0.05) is 48.5 Å². The lowest BCUT2D eigenvalue weighted by Crippen LogP contribution is -2.28. The van der Waals surface area contributed by atoms with Crippen molar-refractivity contribution < 1.29 is 14.3 Å². The Balaban J connectivity index is 0.00000289. The number of pyridine rings is 1. The summed E-state index contributed by atoms with van der Waals surface area (Å²) >= 11 is 1.20. The molecule has 1 amide bonds. The summed E-state index contributed by atoms with van der Waals surface area (Å²) in [6.45, 7) is 0.496. The Hall–Kier alpha value is -3.20. The van der Waals surface area contributed by atoms with Gasteiger partial charge in [-0.3, -0.25) is 19.0 Å². The van der Waals surface area contributed by atoms with E-state index >= 15 is 0 Å². The molecule has 0 saturated carbocycles. The first-order valence-electron chi connectivity index (χ1n) is 9.75. The highest BCUT2D eigenvalue weighted by Gasteiger charge is 2.25. The van der Waals surface area contributed by atoms with Crippen LogP contribution in [0.4, 0.5) is 0 Å². The van der Waals surface area contributed by atoms with Gasteiger partial charge in [-0.15, -0.1) is 23.7 Å². The van der Waals surface area contributed by atoms with Gasteiger partial charge in [0.2, 0.25) is 0 Å². The van der Waals surface area contributed by atoms with Crippen molar-refractivity contribution in [3.05, 3.63) is 75.4 Å². The van der Waals surface area contributed by atoms with Crippen molar-refractivity contribution in [2.45, 2.75) is 6.54 Å². The number of para-hydroxylation sites is 1. The van der Waals surface area contributed by atoms with E-state index in [1.54, 1.807) is 30.3 Å². The number of benzene rings is 2. The minimum atomic E-state index is -0.371. The summed E-state index contributed by atoms with van der Waals surface area (Å²) in [5, 5.41) is 3.80. The lowest BCUT2D eigenvalue weighted by atomic mass is 10.1. The van der Waals surface area contributed by atoms with E-state index in [0.717, 1.165) is 5.39 Å². The van der Waals surface area contributed by atoms with Gasteiger partial charge in [0.05, 0.1) is 23.9 Å². The van der Waals surface area contributed by atoms with Crippen LogP contribution in [-0.2, 0) is 6.54 Å². The predicted molar refractivity (Wildman–Crippen MR) is 130 cm³/mol. The van der Waals surface area contributed by atoms with Gasteiger partial charge in [-0.2, -0.15) is 0 Å². The molecule has 0 bridgehead atoms. The Morgan fingerprint density at radius 1 is 1.09 bits per heavy atom. The minimum absolute atomic E-state index is 0. The first-order chi connectivity index (χ1) is 15.1. The molecule has 0 atom stereocenters. The number of halogens is 1. The Labute approximate surface area is 194 Å². The maximum atomic E-state index is 13.5. The summed E-state index contributed by atoms with van der Waals surface area (Å²) in [5.41, 5.74) is 6.27. The Bertz CT molecular complexity index is 1350. The standard InChI is InChI=1S/C23H21N3O4S.ClH/c1-30-19-18-20(31-21(19)22(28)25-12-11-24)15-9-5-6-10-16(15)26(23(18)29)13-17(27)14-7-3-2-4-8-14;/h2-10H,11-13,24H2,1H3,(H,25,28);1H. The zero-order valence-electron chi connectivity index (χ0n) is 17.3. The van der Waals surface area contributed by atoms with Crippen LogP contribution < -0.4 is 21.3 Å². The second-order valence-corrected chi connectivity index (χ2v) is 7.93. The number of nitrogens with two attached hydrogens (primary N) is 1. The highest BCUT2D eigenvalue weighted by atomic mass is 35.5. The second-order valence-electron chi connectivity index (χ2n) is 6.91. The number of methoxy groups -OCH3 is 1. The van der Waals surface area contributed by atoms with Crippen molar-refractivity contribution in [2.75, 3.05) is 20.2 Å². The van der Waals surface area contributed by atoms with Crippen molar-refractivity contribution in [1.82, 2.24) is 9.88 Å². The van der Waals surface area contributed by atoms with E-state index in [4.69, 9.17) is 10.5 Å². The molecule has 3 N–H and O–H groups in total. The quantitative estimate of drug-likeness (QED) is 0.403. The molecule has 0 aliphatic rings. The van der Waals surface area contributed by atoms with Crippen LogP contribution in [0.1, 0.15) is 20.0 Å². The molecule has 0 saturated heterocycles. The smallest absolute Gasteiger partial charge is 0.265 e. The van der Waals surface area contributed by atoms with Crippen LogP contribution in [0.15, 0.2) is 59.4 Å². The van der Waals surface area contributed by atoms with Crippen LogP contribution in [0.2, 0.25) is 0 Å². The van der Waals surface area contributed by atoms with Crippen LogP contribution >= 0.6 is 23.7 Å². The number of nitrogens with zero attached hydrogens (tertiary/aromatic N) is 1. The molecule has 2 aromatic heterocycles. The van der Waals surface area contributed by atoms with Crippen molar-refractivity contribution >= 4 is 56.4 Å². The number of ether oxygens (including phenoxy) is 1. The Morgan fingerprint density at radius 2 is 1.78 bits per heavy atom. The molecule has 0 unspecified atom stereocenters. The number of thiophene rings is 1. The van der Waals surface area contributed by atoms with Crippen LogP contribution in [0, 0.1) is 0 Å². The fraction of sp³-hybridized carbons (Fsp3) is 0.174. The SMILES string of the molecule is COc1c(C(=O)NCCN)sc2c1c(=O)n(CC(=O)c1ccccc1)c1ccccc21.Cl. The van der Waals surface area contributed by atoms with Gasteiger partial charge in [-0.05, 0) is 6.07 Å². The van der Waals surface area contributed by atoms with Gasteiger partial charge in [0.1, 0.15) is 10.3 Å². The van der Waals surface area contributed by atoms with Gasteiger partial charge in [0.25, 0.3) is 11.5 Å². The van der Waals surface area contributed by atoms with Gasteiger partial charge < -0.3 is 15.8 Å². The van der Waals surface area contributed by atoms with Crippen LogP contribution in [0.25, 0.3) is 21.0 Å². The Kier molecular flexibility index (Phi) is 7.29. The molecule has 166 valence electrons. The average molecular weight is 472 g/mol. The molecule has 0 aliphatic heterocycles. The second kappa shape index (κ2) is 9.95. The number of amides is 1. The van der Waals surface area contributed by atoms with Gasteiger partial charge >= 0.3 is 0 Å². The molecule has 0 fully saturated rings. The van der Waals surface area contributed by atoms with Crippen LogP contribution in [0.3, 0.4) is 0 Å². The topological polar surface area (TPSA) is 103 Å². The number of fused-ring (bicyclic) bond motifs is 3. The largest absolute Gasteiger partial charge is 0.494 e. The first-order valence-corrected chi connectivity index (χ1v) is 10.6. The van der Waals surface area contributed by atoms with E-state index in [0.29, 0.717) is 39.1 Å². The van der Waals surface area contributed by atoms with Gasteiger partial charge in [-0.25, -0.2) is 0 Å². The summed E-state index contributed by atoms with van der Waals surface area (Å²) in [5.74, 6) is -0.313. The molecule has 7 nitrogen and oxygen atoms in total. The van der Waals surface area contributed by atoms with E-state index in [-0.39, 0.29) is 42.0 Å². The molecule has 0 radical (unpaired) electrons. The molecule has 4 aromatic rings. The van der Waals surface area contributed by atoms with Crippen LogP contribution in [-0.4, -0.2) is 36.5 Å². The number of carbonyl (C=O) groups excluding carboxylic acids is 2. The highest BCUT2D eigenvalue weighted by Crippen LogP contribution is 2.39. The van der Waals surface area contributed by atoms with Crippen LogP contribution in [0.5, 0.6) is 5.75 Å². The molecule has 32 heavy (non-hydrogen) atoms. The summed E-state index contributed by atoms with van der Waals surface area (Å²) in [6.07, 6.45) is 0. The van der Waals surface area contributed by atoms with E-state index in [2.05, 4.69) is 5.32 Å². The minimum Gasteiger partial charge on any atom is -0.494 e. The summed E-state index contributed by atoms with van der Waals surface area (Å²) < 4.78 is 7.59. The fourth-order valence-corrected chi connectivity index (χ4v) is 4.78. The first kappa shape index (κ1) is 23.5. The number of ketones is 1. The van der Waals surface area contributed by atoms with Crippen molar-refractivity contribution in [1.29, 1.82) is 0 Å². The molecular formula is C23H22ClN3O4S. The third-order valence-electron chi connectivity index (χ3n) is 5.00. The molecule has 2 heterocycles. The fourth-order valence-electron chi connectivity index (χ4n) is 3.57. The molecule has 0 aliphatic carbocycles. The van der Waals surface area contributed by atoms with Crippen molar-refractivity contribution in [3.8, 4) is 5.75 Å². The maximum Gasteiger partial charge on any atom is 0.265 e. The van der Waals surface area contributed by atoms with E-state index < -0.39 is 0 Å². The molecule has 9 heteroatoms.